The molecule has 1 fully saturated rings. The van der Waals surface area contributed by atoms with Crippen molar-refractivity contribution < 1.29 is 14.0 Å². The SMILES string of the molecule is O=C(NCc1nnc(-c2ccccc2)o1)C1CCC(=O)N1Cc1ccccc1. The van der Waals surface area contributed by atoms with E-state index in [1.165, 1.54) is 0 Å². The molecule has 1 atom stereocenters. The van der Waals surface area contributed by atoms with Crippen LogP contribution in [-0.2, 0) is 22.7 Å². The maximum absolute atomic E-state index is 12.6. The number of carbonyl (C=O) groups excluding carboxylic acids is 2. The summed E-state index contributed by atoms with van der Waals surface area (Å²) in [5.74, 6) is 0.520. The van der Waals surface area contributed by atoms with Crippen LogP contribution < -0.4 is 5.32 Å². The van der Waals surface area contributed by atoms with E-state index in [0.29, 0.717) is 31.2 Å². The van der Waals surface area contributed by atoms with Crippen LogP contribution in [0.15, 0.2) is 65.1 Å². The minimum Gasteiger partial charge on any atom is -0.419 e. The van der Waals surface area contributed by atoms with Gasteiger partial charge in [0.25, 0.3) is 0 Å². The average Bonchev–Trinajstić information content (AvgIpc) is 3.35. The zero-order chi connectivity index (χ0) is 19.3. The molecule has 0 bridgehead atoms. The molecule has 1 aliphatic rings. The molecule has 1 unspecified atom stereocenters. The van der Waals surface area contributed by atoms with Gasteiger partial charge in [-0.2, -0.15) is 0 Å². The van der Waals surface area contributed by atoms with Crippen LogP contribution in [-0.4, -0.2) is 33.0 Å². The van der Waals surface area contributed by atoms with Crippen LogP contribution in [0.5, 0.6) is 0 Å². The van der Waals surface area contributed by atoms with Crippen molar-refractivity contribution in [3.8, 4) is 11.5 Å². The van der Waals surface area contributed by atoms with Crippen molar-refractivity contribution in [1.29, 1.82) is 0 Å². The first kappa shape index (κ1) is 17.9. The van der Waals surface area contributed by atoms with Gasteiger partial charge in [0.15, 0.2) is 0 Å². The molecule has 2 aromatic carbocycles. The summed E-state index contributed by atoms with van der Waals surface area (Å²) in [6.07, 6.45) is 0.889. The van der Waals surface area contributed by atoms with Gasteiger partial charge < -0.3 is 14.6 Å². The van der Waals surface area contributed by atoms with Gasteiger partial charge in [-0.25, -0.2) is 0 Å². The number of nitrogens with zero attached hydrogens (tertiary/aromatic N) is 3. The van der Waals surface area contributed by atoms with Crippen molar-refractivity contribution in [3.63, 3.8) is 0 Å². The Bertz CT molecular complexity index is 956. The van der Waals surface area contributed by atoms with Gasteiger partial charge in [0, 0.05) is 18.5 Å². The van der Waals surface area contributed by atoms with Crippen LogP contribution in [0.4, 0.5) is 0 Å². The predicted octanol–water partition coefficient (Wildman–Crippen LogP) is 2.54. The largest absolute Gasteiger partial charge is 0.419 e. The van der Waals surface area contributed by atoms with Crippen LogP contribution in [0.2, 0.25) is 0 Å². The molecule has 1 N–H and O–H groups in total. The summed E-state index contributed by atoms with van der Waals surface area (Å²) in [6, 6.07) is 18.6. The molecule has 142 valence electrons. The molecule has 7 heteroatoms. The highest BCUT2D eigenvalue weighted by Crippen LogP contribution is 2.22. The van der Waals surface area contributed by atoms with Crippen molar-refractivity contribution >= 4 is 11.8 Å². The molecule has 2 amide bonds. The van der Waals surface area contributed by atoms with Gasteiger partial charge in [-0.15, -0.1) is 10.2 Å². The maximum Gasteiger partial charge on any atom is 0.247 e. The predicted molar refractivity (Wildman–Crippen MR) is 102 cm³/mol. The molecular formula is C21H20N4O3. The van der Waals surface area contributed by atoms with E-state index in [9.17, 15) is 9.59 Å². The summed E-state index contributed by atoms with van der Waals surface area (Å²) in [7, 11) is 0. The third-order valence-corrected chi connectivity index (χ3v) is 4.73. The molecule has 28 heavy (non-hydrogen) atoms. The fourth-order valence-corrected chi connectivity index (χ4v) is 3.29. The number of hydrogen-bond donors (Lipinski definition) is 1. The molecular weight excluding hydrogens is 356 g/mol. The maximum atomic E-state index is 12.6. The molecule has 3 aromatic rings. The summed E-state index contributed by atoms with van der Waals surface area (Å²) in [5, 5.41) is 10.8. The molecule has 7 nitrogen and oxygen atoms in total. The third kappa shape index (κ3) is 3.93. The lowest BCUT2D eigenvalue weighted by Crippen LogP contribution is -2.44. The van der Waals surface area contributed by atoms with Crippen molar-refractivity contribution in [1.82, 2.24) is 20.4 Å². The van der Waals surface area contributed by atoms with Gasteiger partial charge >= 0.3 is 0 Å². The van der Waals surface area contributed by atoms with Crippen molar-refractivity contribution in [2.24, 2.45) is 0 Å². The Labute approximate surface area is 162 Å². The Balaban J connectivity index is 1.38. The normalized spacial score (nSPS) is 16.4. The quantitative estimate of drug-likeness (QED) is 0.714. The van der Waals surface area contributed by atoms with E-state index >= 15 is 0 Å². The van der Waals surface area contributed by atoms with Crippen molar-refractivity contribution in [2.45, 2.75) is 32.0 Å². The Hall–Kier alpha value is -3.48. The molecule has 1 saturated heterocycles. The van der Waals surface area contributed by atoms with Gasteiger partial charge in [0.1, 0.15) is 6.04 Å². The van der Waals surface area contributed by atoms with E-state index in [1.807, 2.05) is 60.7 Å². The lowest BCUT2D eigenvalue weighted by Gasteiger charge is -2.24. The summed E-state index contributed by atoms with van der Waals surface area (Å²) in [6.45, 7) is 0.555. The number of rotatable bonds is 6. The van der Waals surface area contributed by atoms with E-state index in [-0.39, 0.29) is 18.4 Å². The topological polar surface area (TPSA) is 88.3 Å². The lowest BCUT2D eigenvalue weighted by atomic mass is 10.1. The van der Waals surface area contributed by atoms with Crippen LogP contribution in [0.1, 0.15) is 24.3 Å². The molecule has 0 radical (unpaired) electrons. The van der Waals surface area contributed by atoms with E-state index in [0.717, 1.165) is 11.1 Å². The highest BCUT2D eigenvalue weighted by molar-refractivity contribution is 5.90. The molecule has 0 spiro atoms. The number of carbonyl (C=O) groups is 2. The third-order valence-electron chi connectivity index (χ3n) is 4.73. The average molecular weight is 376 g/mol. The number of nitrogens with one attached hydrogen (secondary N) is 1. The molecule has 0 saturated carbocycles. The Morgan fingerprint density at radius 3 is 2.54 bits per heavy atom. The zero-order valence-corrected chi connectivity index (χ0v) is 15.2. The van der Waals surface area contributed by atoms with E-state index in [4.69, 9.17) is 4.42 Å². The molecule has 1 aromatic heterocycles. The molecule has 1 aliphatic heterocycles. The summed E-state index contributed by atoms with van der Waals surface area (Å²) in [4.78, 5) is 26.5. The van der Waals surface area contributed by atoms with Gasteiger partial charge in [-0.3, -0.25) is 9.59 Å². The van der Waals surface area contributed by atoms with Crippen LogP contribution in [0.3, 0.4) is 0 Å². The summed E-state index contributed by atoms with van der Waals surface area (Å²) < 4.78 is 5.61. The highest BCUT2D eigenvalue weighted by atomic mass is 16.4. The second kappa shape index (κ2) is 8.04. The summed E-state index contributed by atoms with van der Waals surface area (Å²) in [5.41, 5.74) is 1.82. The fraction of sp³-hybridized carbons (Fsp3) is 0.238. The van der Waals surface area contributed by atoms with E-state index in [1.54, 1.807) is 4.90 Å². The van der Waals surface area contributed by atoms with Crippen molar-refractivity contribution in [3.05, 3.63) is 72.1 Å². The lowest BCUT2D eigenvalue weighted by molar-refractivity contribution is -0.135. The first-order valence-corrected chi connectivity index (χ1v) is 9.19. The Kier molecular flexibility index (Phi) is 5.14. The fourth-order valence-electron chi connectivity index (χ4n) is 3.29. The second-order valence-corrected chi connectivity index (χ2v) is 6.65. The minimum absolute atomic E-state index is 0.00634. The second-order valence-electron chi connectivity index (χ2n) is 6.65. The summed E-state index contributed by atoms with van der Waals surface area (Å²) >= 11 is 0. The highest BCUT2D eigenvalue weighted by Gasteiger charge is 2.35. The molecule has 4 rings (SSSR count). The Morgan fingerprint density at radius 1 is 1.07 bits per heavy atom. The van der Waals surface area contributed by atoms with Crippen LogP contribution in [0.25, 0.3) is 11.5 Å². The van der Waals surface area contributed by atoms with E-state index in [2.05, 4.69) is 15.5 Å². The van der Waals surface area contributed by atoms with Crippen LogP contribution >= 0.6 is 0 Å². The first-order chi connectivity index (χ1) is 13.7. The molecule has 0 aliphatic carbocycles. The zero-order valence-electron chi connectivity index (χ0n) is 15.2. The van der Waals surface area contributed by atoms with Crippen LogP contribution in [0, 0.1) is 0 Å². The van der Waals surface area contributed by atoms with Gasteiger partial charge in [-0.05, 0) is 24.1 Å². The van der Waals surface area contributed by atoms with Gasteiger partial charge in [0.05, 0.1) is 6.54 Å². The standard InChI is InChI=1S/C21H20N4O3/c26-19-12-11-17(25(19)14-15-7-3-1-4-8-15)20(27)22-13-18-23-24-21(28-18)16-9-5-2-6-10-16/h1-10,17H,11-14H2,(H,22,27). The number of likely N-dealkylation sites (tertiary alicyclic amines) is 1. The minimum atomic E-state index is -0.482. The number of aromatic nitrogens is 2. The smallest absolute Gasteiger partial charge is 0.247 e. The monoisotopic (exact) mass is 376 g/mol. The first-order valence-electron chi connectivity index (χ1n) is 9.19. The molecule has 2 heterocycles. The number of hydrogen-bond acceptors (Lipinski definition) is 5. The Morgan fingerprint density at radius 2 is 1.79 bits per heavy atom. The number of benzene rings is 2. The van der Waals surface area contributed by atoms with Gasteiger partial charge in [0.2, 0.25) is 23.6 Å². The van der Waals surface area contributed by atoms with E-state index < -0.39 is 6.04 Å². The van der Waals surface area contributed by atoms with Gasteiger partial charge in [-0.1, -0.05) is 48.5 Å². The van der Waals surface area contributed by atoms with Crippen molar-refractivity contribution in [2.75, 3.05) is 0 Å². The number of amides is 2.